The molecule has 1 amide bonds. The fourth-order valence-electron chi connectivity index (χ4n) is 3.13. The highest BCUT2D eigenvalue weighted by Crippen LogP contribution is 2.23. The molecular formula is C18H23N5O2. The molecule has 0 radical (unpaired) electrons. The summed E-state index contributed by atoms with van der Waals surface area (Å²) in [6, 6.07) is 5.40. The first-order chi connectivity index (χ1) is 12.1. The first-order valence-electron chi connectivity index (χ1n) is 8.56. The van der Waals surface area contributed by atoms with Crippen LogP contribution in [0.25, 0.3) is 0 Å². The van der Waals surface area contributed by atoms with Crippen LogP contribution in [0.2, 0.25) is 0 Å². The number of hydrogen-bond donors (Lipinski definition) is 1. The molecule has 0 bridgehead atoms. The minimum absolute atomic E-state index is 0.0609. The van der Waals surface area contributed by atoms with E-state index in [1.54, 1.807) is 31.7 Å². The van der Waals surface area contributed by atoms with Crippen molar-refractivity contribution in [2.45, 2.75) is 25.8 Å². The van der Waals surface area contributed by atoms with Crippen LogP contribution >= 0.6 is 0 Å². The Morgan fingerprint density at radius 2 is 2.16 bits per heavy atom. The molecule has 1 unspecified atom stereocenters. The predicted octanol–water partition coefficient (Wildman–Crippen LogP) is 1.10. The van der Waals surface area contributed by atoms with Gasteiger partial charge in [0.1, 0.15) is 0 Å². The predicted molar refractivity (Wildman–Crippen MR) is 95.1 cm³/mol. The summed E-state index contributed by atoms with van der Waals surface area (Å²) in [5.41, 5.74) is 1.76. The molecular weight excluding hydrogens is 318 g/mol. The number of rotatable bonds is 5. The average molecular weight is 341 g/mol. The van der Waals surface area contributed by atoms with Gasteiger partial charge < -0.3 is 10.2 Å². The van der Waals surface area contributed by atoms with Crippen LogP contribution in [-0.2, 0) is 18.4 Å². The minimum Gasteiger partial charge on any atom is -0.370 e. The topological polar surface area (TPSA) is 80.1 Å². The van der Waals surface area contributed by atoms with Crippen molar-refractivity contribution in [2.75, 3.05) is 18.0 Å². The number of anilines is 1. The Labute approximate surface area is 146 Å². The third-order valence-corrected chi connectivity index (χ3v) is 4.55. The highest BCUT2D eigenvalue weighted by molar-refractivity contribution is 5.76. The van der Waals surface area contributed by atoms with Crippen molar-refractivity contribution in [3.8, 4) is 0 Å². The summed E-state index contributed by atoms with van der Waals surface area (Å²) in [6.45, 7) is 2.19. The van der Waals surface area contributed by atoms with Crippen LogP contribution in [0.3, 0.4) is 0 Å². The van der Waals surface area contributed by atoms with Crippen molar-refractivity contribution >= 4 is 11.6 Å². The fourth-order valence-corrected chi connectivity index (χ4v) is 3.13. The van der Waals surface area contributed by atoms with E-state index in [1.807, 2.05) is 12.1 Å². The van der Waals surface area contributed by atoms with Gasteiger partial charge in [0.05, 0.1) is 11.9 Å². The summed E-state index contributed by atoms with van der Waals surface area (Å²) in [6.07, 6.45) is 7.69. The summed E-state index contributed by atoms with van der Waals surface area (Å²) in [5.74, 6) is 0.348. The van der Waals surface area contributed by atoms with Gasteiger partial charge in [0, 0.05) is 51.6 Å². The van der Waals surface area contributed by atoms with Crippen molar-refractivity contribution in [3.63, 3.8) is 0 Å². The van der Waals surface area contributed by atoms with E-state index in [1.165, 1.54) is 4.68 Å². The third kappa shape index (κ3) is 4.65. The fraction of sp³-hybridized carbons (Fsp3) is 0.444. The lowest BCUT2D eigenvalue weighted by molar-refractivity contribution is -0.122. The van der Waals surface area contributed by atoms with Crippen molar-refractivity contribution in [2.24, 2.45) is 13.0 Å². The number of carbonyl (C=O) groups is 1. The smallest absolute Gasteiger partial charge is 0.268 e. The molecule has 1 fully saturated rings. The zero-order valence-corrected chi connectivity index (χ0v) is 14.4. The van der Waals surface area contributed by atoms with Crippen LogP contribution in [0.5, 0.6) is 0 Å². The van der Waals surface area contributed by atoms with E-state index >= 15 is 0 Å². The molecule has 1 aliphatic heterocycles. The van der Waals surface area contributed by atoms with E-state index in [0.717, 1.165) is 37.2 Å². The first-order valence-corrected chi connectivity index (χ1v) is 8.56. The molecule has 1 saturated heterocycles. The van der Waals surface area contributed by atoms with Crippen LogP contribution in [0, 0.1) is 5.92 Å². The van der Waals surface area contributed by atoms with Gasteiger partial charge in [-0.05, 0) is 36.5 Å². The van der Waals surface area contributed by atoms with E-state index in [9.17, 15) is 9.59 Å². The Morgan fingerprint density at radius 3 is 2.92 bits per heavy atom. The van der Waals surface area contributed by atoms with Crippen molar-refractivity contribution in [1.82, 2.24) is 20.1 Å². The number of pyridine rings is 1. The summed E-state index contributed by atoms with van der Waals surface area (Å²) in [5, 5.41) is 7.05. The molecule has 7 nitrogen and oxygen atoms in total. The van der Waals surface area contributed by atoms with E-state index in [2.05, 4.69) is 20.3 Å². The van der Waals surface area contributed by atoms with Gasteiger partial charge in [-0.3, -0.25) is 14.6 Å². The molecule has 2 aromatic heterocycles. The van der Waals surface area contributed by atoms with E-state index in [4.69, 9.17) is 0 Å². The molecule has 1 atom stereocenters. The van der Waals surface area contributed by atoms with Gasteiger partial charge in [0.25, 0.3) is 5.56 Å². The normalized spacial score (nSPS) is 17.3. The quantitative estimate of drug-likeness (QED) is 0.881. The molecule has 0 aromatic carbocycles. The molecule has 3 heterocycles. The number of aromatic nitrogens is 3. The van der Waals surface area contributed by atoms with E-state index in [0.29, 0.717) is 13.0 Å². The van der Waals surface area contributed by atoms with Crippen molar-refractivity contribution in [1.29, 1.82) is 0 Å². The second-order valence-corrected chi connectivity index (χ2v) is 6.47. The molecule has 2 aromatic rings. The van der Waals surface area contributed by atoms with Crippen LogP contribution in [-0.4, -0.2) is 33.8 Å². The Kier molecular flexibility index (Phi) is 5.42. The van der Waals surface area contributed by atoms with Crippen LogP contribution in [0.15, 0.2) is 41.6 Å². The molecule has 1 N–H and O–H groups in total. The largest absolute Gasteiger partial charge is 0.370 e. The molecule has 0 saturated carbocycles. The zero-order chi connectivity index (χ0) is 17.6. The first kappa shape index (κ1) is 17.1. The molecule has 7 heteroatoms. The highest BCUT2D eigenvalue weighted by atomic mass is 16.1. The Hall–Kier alpha value is -2.70. The lowest BCUT2D eigenvalue weighted by atomic mass is 9.94. The number of hydrogen-bond acceptors (Lipinski definition) is 5. The Bertz CT molecular complexity index is 775. The van der Waals surface area contributed by atoms with Gasteiger partial charge in [-0.15, -0.1) is 0 Å². The molecule has 132 valence electrons. The minimum atomic E-state index is -0.116. The summed E-state index contributed by atoms with van der Waals surface area (Å²) in [4.78, 5) is 30.1. The van der Waals surface area contributed by atoms with Gasteiger partial charge in [-0.2, -0.15) is 5.10 Å². The number of amides is 1. The SMILES string of the molecule is Cn1ncc(N2CCCC(CC(=O)NCc3ccncc3)C2)cc1=O. The number of piperidine rings is 1. The van der Waals surface area contributed by atoms with Crippen molar-refractivity contribution in [3.05, 3.63) is 52.7 Å². The maximum Gasteiger partial charge on any atom is 0.268 e. The average Bonchev–Trinajstić information content (AvgIpc) is 2.63. The van der Waals surface area contributed by atoms with Gasteiger partial charge in [0.15, 0.2) is 0 Å². The summed E-state index contributed by atoms with van der Waals surface area (Å²) in [7, 11) is 1.64. The molecule has 25 heavy (non-hydrogen) atoms. The lowest BCUT2D eigenvalue weighted by Crippen LogP contribution is -2.38. The standard InChI is InChI=1S/C18H23N5O2/c1-22-18(25)10-16(12-21-22)23-8-2-3-15(13-23)9-17(24)20-11-14-4-6-19-7-5-14/h4-7,10,12,15H,2-3,8-9,11,13H2,1H3,(H,20,24). The van der Waals surface area contributed by atoms with Crippen molar-refractivity contribution < 1.29 is 4.79 Å². The van der Waals surface area contributed by atoms with Gasteiger partial charge in [-0.1, -0.05) is 0 Å². The number of carbonyl (C=O) groups excluding carboxylic acids is 1. The Morgan fingerprint density at radius 1 is 1.36 bits per heavy atom. The highest BCUT2D eigenvalue weighted by Gasteiger charge is 2.23. The van der Waals surface area contributed by atoms with Gasteiger partial charge in [0.2, 0.25) is 5.91 Å². The number of aryl methyl sites for hydroxylation is 1. The number of nitrogens with zero attached hydrogens (tertiary/aromatic N) is 4. The summed E-state index contributed by atoms with van der Waals surface area (Å²) >= 11 is 0. The second-order valence-electron chi connectivity index (χ2n) is 6.47. The Balaban J connectivity index is 1.53. The van der Waals surface area contributed by atoms with Crippen LogP contribution in [0.1, 0.15) is 24.8 Å². The molecule has 3 rings (SSSR count). The second kappa shape index (κ2) is 7.92. The van der Waals surface area contributed by atoms with Crippen LogP contribution in [0.4, 0.5) is 5.69 Å². The maximum absolute atomic E-state index is 12.2. The molecule has 1 aliphatic rings. The monoisotopic (exact) mass is 341 g/mol. The maximum atomic E-state index is 12.2. The zero-order valence-electron chi connectivity index (χ0n) is 14.4. The number of nitrogens with one attached hydrogen (secondary N) is 1. The molecule has 0 spiro atoms. The van der Waals surface area contributed by atoms with Crippen LogP contribution < -0.4 is 15.8 Å². The van der Waals surface area contributed by atoms with Gasteiger partial charge >= 0.3 is 0 Å². The van der Waals surface area contributed by atoms with Gasteiger partial charge in [-0.25, -0.2) is 4.68 Å². The lowest BCUT2D eigenvalue weighted by Gasteiger charge is -2.33. The molecule has 0 aliphatic carbocycles. The van der Waals surface area contributed by atoms with E-state index < -0.39 is 0 Å². The third-order valence-electron chi connectivity index (χ3n) is 4.55. The van der Waals surface area contributed by atoms with E-state index in [-0.39, 0.29) is 17.4 Å². The summed E-state index contributed by atoms with van der Waals surface area (Å²) < 4.78 is 1.32.